The number of rotatable bonds is 4. The molecule has 2 unspecified atom stereocenters. The quantitative estimate of drug-likeness (QED) is 0.798. The summed E-state index contributed by atoms with van der Waals surface area (Å²) in [4.78, 5) is 12.2. The number of amides is 1. The molecule has 0 radical (unpaired) electrons. The summed E-state index contributed by atoms with van der Waals surface area (Å²) in [5.74, 6) is 0.151. The Bertz CT molecular complexity index is 286. The minimum absolute atomic E-state index is 0.0456. The average molecular weight is 254 g/mol. The van der Waals surface area contributed by atoms with Crippen molar-refractivity contribution in [3.05, 3.63) is 0 Å². The van der Waals surface area contributed by atoms with Gasteiger partial charge in [-0.15, -0.1) is 0 Å². The van der Waals surface area contributed by atoms with Crippen LogP contribution in [-0.2, 0) is 9.53 Å². The lowest BCUT2D eigenvalue weighted by molar-refractivity contribution is -0.126. The summed E-state index contributed by atoms with van der Waals surface area (Å²) in [6.45, 7) is 6.91. The fraction of sp³-hybridized carbons (Fsp3) is 0.929. The first-order valence-corrected chi connectivity index (χ1v) is 7.22. The van der Waals surface area contributed by atoms with Crippen LogP contribution in [0.15, 0.2) is 0 Å². The molecule has 4 nitrogen and oxygen atoms in total. The smallest absolute Gasteiger partial charge is 0.237 e. The van der Waals surface area contributed by atoms with Gasteiger partial charge in [0.25, 0.3) is 0 Å². The van der Waals surface area contributed by atoms with E-state index in [2.05, 4.69) is 24.5 Å². The van der Waals surface area contributed by atoms with Crippen molar-refractivity contribution in [3.8, 4) is 0 Å². The zero-order valence-electron chi connectivity index (χ0n) is 11.6. The van der Waals surface area contributed by atoms with Gasteiger partial charge in [-0.05, 0) is 44.1 Å². The predicted octanol–water partition coefficient (Wildman–Crippen LogP) is 1.45. The highest BCUT2D eigenvalue weighted by molar-refractivity contribution is 5.82. The van der Waals surface area contributed by atoms with Gasteiger partial charge in [0.05, 0.1) is 12.1 Å². The molecule has 0 aromatic carbocycles. The minimum Gasteiger partial charge on any atom is -0.378 e. The highest BCUT2D eigenvalue weighted by Crippen LogP contribution is 2.30. The Kier molecular flexibility index (Phi) is 4.62. The number of hydrogen-bond donors (Lipinski definition) is 2. The van der Waals surface area contributed by atoms with Crippen LogP contribution in [0.25, 0.3) is 0 Å². The molecule has 0 saturated carbocycles. The highest BCUT2D eigenvalue weighted by atomic mass is 16.5. The van der Waals surface area contributed by atoms with E-state index in [0.29, 0.717) is 6.10 Å². The molecule has 18 heavy (non-hydrogen) atoms. The fourth-order valence-electron chi connectivity index (χ4n) is 2.99. The summed E-state index contributed by atoms with van der Waals surface area (Å²) < 4.78 is 5.55. The molecule has 2 atom stereocenters. The van der Waals surface area contributed by atoms with Gasteiger partial charge in [0.2, 0.25) is 5.91 Å². The summed E-state index contributed by atoms with van der Waals surface area (Å²) in [7, 11) is 0. The molecule has 0 aromatic heterocycles. The third-order valence-electron chi connectivity index (χ3n) is 4.18. The van der Waals surface area contributed by atoms with Crippen molar-refractivity contribution in [1.29, 1.82) is 0 Å². The number of hydrogen-bond acceptors (Lipinski definition) is 3. The Morgan fingerprint density at radius 2 is 2.28 bits per heavy atom. The summed E-state index contributed by atoms with van der Waals surface area (Å²) >= 11 is 0. The Balaban J connectivity index is 1.73. The van der Waals surface area contributed by atoms with Crippen LogP contribution in [-0.4, -0.2) is 37.7 Å². The molecule has 0 bridgehead atoms. The second-order valence-electron chi connectivity index (χ2n) is 6.19. The van der Waals surface area contributed by atoms with Gasteiger partial charge in [0.1, 0.15) is 0 Å². The Labute approximate surface area is 110 Å². The van der Waals surface area contributed by atoms with Crippen LogP contribution in [0.3, 0.4) is 0 Å². The van der Waals surface area contributed by atoms with Crippen LogP contribution in [0, 0.1) is 5.41 Å². The molecule has 1 amide bonds. The van der Waals surface area contributed by atoms with Crippen molar-refractivity contribution < 1.29 is 9.53 Å². The minimum atomic E-state index is -0.0456. The van der Waals surface area contributed by atoms with E-state index in [1.54, 1.807) is 0 Å². The van der Waals surface area contributed by atoms with Crippen molar-refractivity contribution in [2.75, 3.05) is 19.7 Å². The summed E-state index contributed by atoms with van der Waals surface area (Å²) in [6, 6.07) is -0.0456. The molecule has 2 heterocycles. The average Bonchev–Trinajstić information content (AvgIpc) is 2.81. The van der Waals surface area contributed by atoms with Crippen molar-refractivity contribution in [2.45, 2.75) is 58.1 Å². The Morgan fingerprint density at radius 3 is 2.94 bits per heavy atom. The molecule has 2 fully saturated rings. The van der Waals surface area contributed by atoms with E-state index in [1.807, 2.05) is 0 Å². The number of piperidine rings is 1. The first-order valence-electron chi connectivity index (χ1n) is 7.22. The van der Waals surface area contributed by atoms with Gasteiger partial charge in [0, 0.05) is 13.2 Å². The van der Waals surface area contributed by atoms with Crippen LogP contribution < -0.4 is 10.6 Å². The van der Waals surface area contributed by atoms with Crippen molar-refractivity contribution in [2.24, 2.45) is 5.41 Å². The van der Waals surface area contributed by atoms with E-state index in [0.717, 1.165) is 51.8 Å². The first kappa shape index (κ1) is 13.8. The maximum Gasteiger partial charge on any atom is 0.237 e. The van der Waals surface area contributed by atoms with E-state index >= 15 is 0 Å². The second-order valence-corrected chi connectivity index (χ2v) is 6.19. The highest BCUT2D eigenvalue weighted by Gasteiger charge is 2.36. The van der Waals surface area contributed by atoms with Gasteiger partial charge in [-0.2, -0.15) is 0 Å². The van der Waals surface area contributed by atoms with Gasteiger partial charge >= 0.3 is 0 Å². The molecule has 4 heteroatoms. The summed E-state index contributed by atoms with van der Waals surface area (Å²) in [5.41, 5.74) is 0.0617. The standard InChI is InChI=1S/C14H26N2O2/c1-14(2)7-4-8-15-12(14)13(17)16-9-6-11-5-3-10-18-11/h11-12,15H,3-10H2,1-2H3,(H,16,17). The van der Waals surface area contributed by atoms with Crippen molar-refractivity contribution in [3.63, 3.8) is 0 Å². The van der Waals surface area contributed by atoms with Gasteiger partial charge in [-0.25, -0.2) is 0 Å². The molecule has 2 rings (SSSR count). The van der Waals surface area contributed by atoms with Crippen molar-refractivity contribution >= 4 is 5.91 Å². The largest absolute Gasteiger partial charge is 0.378 e. The second kappa shape index (κ2) is 6.02. The molecular formula is C14H26N2O2. The number of ether oxygens (including phenoxy) is 1. The van der Waals surface area contributed by atoms with Gasteiger partial charge < -0.3 is 15.4 Å². The number of carbonyl (C=O) groups is 1. The first-order chi connectivity index (χ1) is 8.59. The maximum absolute atomic E-state index is 12.2. The lowest BCUT2D eigenvalue weighted by atomic mass is 9.77. The topological polar surface area (TPSA) is 50.4 Å². The Morgan fingerprint density at radius 1 is 1.44 bits per heavy atom. The predicted molar refractivity (Wildman–Crippen MR) is 71.4 cm³/mol. The van der Waals surface area contributed by atoms with Gasteiger partial charge in [-0.3, -0.25) is 4.79 Å². The molecule has 0 aromatic rings. The molecule has 2 N–H and O–H groups in total. The van der Waals surface area contributed by atoms with E-state index in [4.69, 9.17) is 4.74 Å². The van der Waals surface area contributed by atoms with E-state index in [9.17, 15) is 4.79 Å². The molecule has 2 aliphatic heterocycles. The van der Waals surface area contributed by atoms with Crippen LogP contribution in [0.2, 0.25) is 0 Å². The van der Waals surface area contributed by atoms with Crippen molar-refractivity contribution in [1.82, 2.24) is 10.6 Å². The SMILES string of the molecule is CC1(C)CCCNC1C(=O)NCCC1CCCO1. The van der Waals surface area contributed by atoms with E-state index < -0.39 is 0 Å². The number of nitrogens with one attached hydrogen (secondary N) is 2. The fourth-order valence-corrected chi connectivity index (χ4v) is 2.99. The normalized spacial score (nSPS) is 31.2. The van der Waals surface area contributed by atoms with E-state index in [-0.39, 0.29) is 17.4 Å². The van der Waals surface area contributed by atoms with Gasteiger partial charge in [0.15, 0.2) is 0 Å². The molecule has 2 saturated heterocycles. The zero-order chi connectivity index (χ0) is 13.0. The van der Waals surface area contributed by atoms with Crippen LogP contribution >= 0.6 is 0 Å². The lowest BCUT2D eigenvalue weighted by Gasteiger charge is -2.38. The third kappa shape index (κ3) is 3.45. The molecular weight excluding hydrogens is 228 g/mol. The summed E-state index contributed by atoms with van der Waals surface area (Å²) in [5, 5.41) is 6.40. The summed E-state index contributed by atoms with van der Waals surface area (Å²) in [6.07, 6.45) is 5.88. The van der Waals surface area contributed by atoms with Crippen LogP contribution in [0.5, 0.6) is 0 Å². The van der Waals surface area contributed by atoms with Crippen LogP contribution in [0.4, 0.5) is 0 Å². The number of carbonyl (C=O) groups excluding carboxylic acids is 1. The lowest BCUT2D eigenvalue weighted by Crippen LogP contribution is -2.55. The van der Waals surface area contributed by atoms with Crippen LogP contribution in [0.1, 0.15) is 46.0 Å². The molecule has 0 aliphatic carbocycles. The third-order valence-corrected chi connectivity index (χ3v) is 4.18. The molecule has 2 aliphatic rings. The maximum atomic E-state index is 12.2. The monoisotopic (exact) mass is 254 g/mol. The Hall–Kier alpha value is -0.610. The molecule has 104 valence electrons. The van der Waals surface area contributed by atoms with Gasteiger partial charge in [-0.1, -0.05) is 13.8 Å². The van der Waals surface area contributed by atoms with E-state index in [1.165, 1.54) is 0 Å². The molecule has 0 spiro atoms. The zero-order valence-corrected chi connectivity index (χ0v) is 11.6.